The Kier molecular flexibility index (Phi) is 8.70. The van der Waals surface area contributed by atoms with Crippen LogP contribution in [0.1, 0.15) is 43.9 Å². The second-order valence-corrected chi connectivity index (χ2v) is 11.3. The van der Waals surface area contributed by atoms with Crippen LogP contribution < -0.4 is 4.74 Å². The predicted octanol–water partition coefficient (Wildman–Crippen LogP) is 6.71. The summed E-state index contributed by atoms with van der Waals surface area (Å²) in [6.07, 6.45) is 4.34. The highest BCUT2D eigenvalue weighted by Gasteiger charge is 2.51. The van der Waals surface area contributed by atoms with Crippen molar-refractivity contribution in [1.82, 2.24) is 10.0 Å². The van der Waals surface area contributed by atoms with Crippen LogP contribution in [0.5, 0.6) is 5.75 Å². The molecule has 0 bridgehead atoms. The first kappa shape index (κ1) is 29.8. The Morgan fingerprint density at radius 2 is 1.29 bits per heavy atom. The summed E-state index contributed by atoms with van der Waals surface area (Å²) in [5.74, 6) is -4.38. The zero-order chi connectivity index (χ0) is 30.1. The molecule has 0 unspecified atom stereocenters. The summed E-state index contributed by atoms with van der Waals surface area (Å²) in [6, 6.07) is 14.1. The Hall–Kier alpha value is -3.69. The number of nitrogens with zero attached hydrogens (tertiary/aromatic N) is 2. The Morgan fingerprint density at radius 3 is 1.81 bits per heavy atom. The monoisotopic (exact) mass is 644 g/mol. The molecule has 3 amide bonds. The molecule has 5 rings (SSSR count). The highest BCUT2D eigenvalue weighted by Crippen LogP contribution is 2.37. The fourth-order valence-corrected chi connectivity index (χ4v) is 5.78. The molecule has 8 nitrogen and oxygen atoms in total. The third-order valence-corrected chi connectivity index (χ3v) is 8.05. The van der Waals surface area contributed by atoms with E-state index in [1.807, 2.05) is 12.2 Å². The number of rotatable bonds is 7. The van der Waals surface area contributed by atoms with Crippen molar-refractivity contribution in [3.63, 3.8) is 0 Å². The van der Waals surface area contributed by atoms with Crippen LogP contribution in [0.25, 0.3) is 0 Å². The van der Waals surface area contributed by atoms with Crippen molar-refractivity contribution in [3.05, 3.63) is 110 Å². The molecule has 1 aliphatic heterocycles. The molecule has 12 heteroatoms. The second kappa shape index (κ2) is 12.3. The van der Waals surface area contributed by atoms with Crippen molar-refractivity contribution in [2.24, 2.45) is 11.8 Å². The fraction of sp³-hybridized carbons (Fsp3) is 0.167. The van der Waals surface area contributed by atoms with Crippen molar-refractivity contribution < 1.29 is 28.7 Å². The number of carbonyl (C=O) groups is 5. The van der Waals surface area contributed by atoms with Gasteiger partial charge in [-0.25, -0.2) is 9.80 Å². The molecule has 1 fully saturated rings. The summed E-state index contributed by atoms with van der Waals surface area (Å²) in [4.78, 5) is 66.3. The van der Waals surface area contributed by atoms with Gasteiger partial charge in [0.1, 0.15) is 12.3 Å². The topological polar surface area (TPSA) is 101 Å². The Bertz CT molecular complexity index is 1630. The van der Waals surface area contributed by atoms with Gasteiger partial charge >= 0.3 is 5.97 Å². The predicted molar refractivity (Wildman–Crippen MR) is 157 cm³/mol. The van der Waals surface area contributed by atoms with Crippen LogP contribution >= 0.6 is 46.4 Å². The number of hydrogen-bond acceptors (Lipinski definition) is 6. The summed E-state index contributed by atoms with van der Waals surface area (Å²) in [7, 11) is 0. The highest BCUT2D eigenvalue weighted by molar-refractivity contribution is 6.37. The van der Waals surface area contributed by atoms with Crippen molar-refractivity contribution in [2.75, 3.05) is 6.54 Å². The van der Waals surface area contributed by atoms with Crippen LogP contribution in [-0.4, -0.2) is 46.0 Å². The number of Topliss-reactive ketones (excluding diaryl/α,β-unsaturated/α-hetero) is 1. The zero-order valence-electron chi connectivity index (χ0n) is 21.6. The van der Waals surface area contributed by atoms with Crippen LogP contribution in [0.15, 0.2) is 72.8 Å². The number of ether oxygens (including phenoxy) is 1. The highest BCUT2D eigenvalue weighted by atomic mass is 35.5. The van der Waals surface area contributed by atoms with E-state index in [1.165, 1.54) is 60.7 Å². The summed E-state index contributed by atoms with van der Waals surface area (Å²) < 4.78 is 5.35. The molecule has 3 aromatic rings. The molecule has 2 atom stereocenters. The molecule has 0 N–H and O–H groups in total. The lowest BCUT2D eigenvalue weighted by Crippen LogP contribution is -2.52. The third-order valence-electron chi connectivity index (χ3n) is 6.95. The smallest absolute Gasteiger partial charge is 0.345 e. The van der Waals surface area contributed by atoms with Gasteiger partial charge in [-0.15, -0.1) is 0 Å². The number of amides is 3. The maximum atomic E-state index is 13.7. The number of halogens is 4. The minimum Gasteiger partial charge on any atom is -0.423 e. The van der Waals surface area contributed by atoms with Gasteiger partial charge in [-0.1, -0.05) is 58.6 Å². The number of hydrazine groups is 1. The van der Waals surface area contributed by atoms with E-state index >= 15 is 0 Å². The van der Waals surface area contributed by atoms with Gasteiger partial charge in [0.25, 0.3) is 17.7 Å². The Labute approximate surface area is 260 Å². The molecule has 1 saturated heterocycles. The number of imide groups is 1. The molecule has 1 aliphatic carbocycles. The van der Waals surface area contributed by atoms with E-state index in [4.69, 9.17) is 51.1 Å². The maximum absolute atomic E-state index is 13.7. The molecule has 42 heavy (non-hydrogen) atoms. The average molecular weight is 646 g/mol. The van der Waals surface area contributed by atoms with Gasteiger partial charge in [-0.3, -0.25) is 19.2 Å². The summed E-state index contributed by atoms with van der Waals surface area (Å²) in [5, 5.41) is 2.35. The van der Waals surface area contributed by atoms with Crippen LogP contribution in [0.2, 0.25) is 20.1 Å². The summed E-state index contributed by atoms with van der Waals surface area (Å²) >= 11 is 24.2. The van der Waals surface area contributed by atoms with E-state index in [0.717, 1.165) is 10.0 Å². The van der Waals surface area contributed by atoms with Gasteiger partial charge in [0, 0.05) is 15.6 Å². The van der Waals surface area contributed by atoms with Gasteiger partial charge < -0.3 is 4.74 Å². The van der Waals surface area contributed by atoms with Gasteiger partial charge in [-0.2, -0.15) is 5.01 Å². The molecule has 0 spiro atoms. The SMILES string of the molecule is O=C(CN(C(=O)c1ccc(Cl)cc1Cl)N1C(=O)[C@H]2CC=CC[C@@H]2C1=O)c1ccc(OC(=O)c2ccc(Cl)cc2Cl)cc1. The lowest BCUT2D eigenvalue weighted by molar-refractivity contribution is -0.154. The number of carbonyl (C=O) groups excluding carboxylic acids is 5. The number of allylic oxidation sites excluding steroid dienone is 2. The molecule has 0 saturated carbocycles. The van der Waals surface area contributed by atoms with Gasteiger partial charge in [0.15, 0.2) is 5.78 Å². The molecule has 0 radical (unpaired) electrons. The number of ketones is 1. The second-order valence-electron chi connectivity index (χ2n) is 9.59. The van der Waals surface area contributed by atoms with E-state index < -0.39 is 47.9 Å². The van der Waals surface area contributed by atoms with E-state index in [0.29, 0.717) is 17.9 Å². The molecule has 0 aromatic heterocycles. The number of fused-ring (bicyclic) bond motifs is 1. The fourth-order valence-electron chi connectivity index (χ4n) is 4.81. The van der Waals surface area contributed by atoms with E-state index in [1.54, 1.807) is 0 Å². The maximum Gasteiger partial charge on any atom is 0.345 e. The van der Waals surface area contributed by atoms with E-state index in [2.05, 4.69) is 0 Å². The number of benzene rings is 3. The van der Waals surface area contributed by atoms with Crippen molar-refractivity contribution in [2.45, 2.75) is 12.8 Å². The molecular weight excluding hydrogens is 626 g/mol. The van der Waals surface area contributed by atoms with Gasteiger partial charge in [0.2, 0.25) is 0 Å². The van der Waals surface area contributed by atoms with E-state index in [-0.39, 0.29) is 37.5 Å². The quantitative estimate of drug-likeness (QED) is 0.0931. The summed E-state index contributed by atoms with van der Waals surface area (Å²) in [5.41, 5.74) is 0.204. The average Bonchev–Trinajstić information content (AvgIpc) is 3.21. The van der Waals surface area contributed by atoms with Crippen molar-refractivity contribution in [3.8, 4) is 5.75 Å². The molecule has 3 aromatic carbocycles. The molecule has 1 heterocycles. The minimum atomic E-state index is -0.816. The lowest BCUT2D eigenvalue weighted by Gasteiger charge is -2.30. The zero-order valence-corrected chi connectivity index (χ0v) is 24.6. The standard InChI is InChI=1S/C30H20Cl4N2O6/c31-17-7-11-22(24(33)13-17)27(38)35(36-28(39)20-3-1-2-4-21(20)29(36)40)15-26(37)16-5-9-19(10-6-16)42-30(41)23-12-8-18(32)14-25(23)34/h1-2,5-14,20-21H,3-4,15H2/t20-,21-/m0/s1. The van der Waals surface area contributed by atoms with Crippen molar-refractivity contribution >= 4 is 75.9 Å². The molecule has 214 valence electrons. The van der Waals surface area contributed by atoms with Crippen LogP contribution in [0.4, 0.5) is 0 Å². The minimum absolute atomic E-state index is 0.00455. The largest absolute Gasteiger partial charge is 0.423 e. The first-order valence-corrected chi connectivity index (χ1v) is 14.2. The number of hydrogen-bond donors (Lipinski definition) is 0. The van der Waals surface area contributed by atoms with Crippen LogP contribution in [-0.2, 0) is 9.59 Å². The van der Waals surface area contributed by atoms with Crippen molar-refractivity contribution in [1.29, 1.82) is 0 Å². The Morgan fingerprint density at radius 1 is 0.762 bits per heavy atom. The van der Waals surface area contributed by atoms with Crippen LogP contribution in [0.3, 0.4) is 0 Å². The molecule has 2 aliphatic rings. The molecular formula is C30H20Cl4N2O6. The first-order chi connectivity index (χ1) is 20.0. The summed E-state index contributed by atoms with van der Waals surface area (Å²) in [6.45, 7) is -0.637. The van der Waals surface area contributed by atoms with Crippen LogP contribution in [0, 0.1) is 11.8 Å². The van der Waals surface area contributed by atoms with E-state index in [9.17, 15) is 24.0 Å². The number of esters is 1. The third kappa shape index (κ3) is 5.94. The van der Waals surface area contributed by atoms with Gasteiger partial charge in [-0.05, 0) is 73.5 Å². The lowest BCUT2D eigenvalue weighted by atomic mass is 9.85. The normalized spacial score (nSPS) is 17.7. The van der Waals surface area contributed by atoms with Gasteiger partial charge in [0.05, 0.1) is 33.0 Å². The Balaban J connectivity index is 1.39. The first-order valence-electron chi connectivity index (χ1n) is 12.6.